The molecule has 0 spiro atoms. The Morgan fingerprint density at radius 1 is 1.25 bits per heavy atom. The van der Waals surface area contributed by atoms with Crippen LogP contribution >= 0.6 is 27.5 Å². The average Bonchev–Trinajstić information content (AvgIpc) is 2.37. The smallest absolute Gasteiger partial charge is 0.262 e. The van der Waals surface area contributed by atoms with E-state index < -0.39 is 15.8 Å². The van der Waals surface area contributed by atoms with Gasteiger partial charge in [-0.25, -0.2) is 12.8 Å². The highest BCUT2D eigenvalue weighted by atomic mass is 79.9. The topological polar surface area (TPSA) is 72.2 Å². The molecule has 0 atom stereocenters. The van der Waals surface area contributed by atoms with E-state index in [1.807, 2.05) is 0 Å². The molecule has 0 radical (unpaired) electrons. The maximum atomic E-state index is 13.6. The van der Waals surface area contributed by atoms with E-state index in [2.05, 4.69) is 20.7 Å². The van der Waals surface area contributed by atoms with Crippen molar-refractivity contribution in [2.45, 2.75) is 4.90 Å². The Kier molecular flexibility index (Phi) is 4.22. The van der Waals surface area contributed by atoms with Crippen LogP contribution in [0.15, 0.2) is 45.8 Å². The first kappa shape index (κ1) is 15.1. The van der Waals surface area contributed by atoms with Gasteiger partial charge in [0.05, 0.1) is 9.92 Å². The normalized spacial score (nSPS) is 11.3. The molecule has 106 valence electrons. The minimum atomic E-state index is -3.96. The van der Waals surface area contributed by atoms with Crippen LogP contribution in [-0.4, -0.2) is 8.42 Å². The number of benzene rings is 2. The molecule has 0 aromatic heterocycles. The summed E-state index contributed by atoms with van der Waals surface area (Å²) in [6.45, 7) is 0. The first-order chi connectivity index (χ1) is 9.31. The van der Waals surface area contributed by atoms with Gasteiger partial charge in [-0.3, -0.25) is 4.72 Å². The Hall–Kier alpha value is -1.31. The van der Waals surface area contributed by atoms with Crippen LogP contribution in [0.25, 0.3) is 0 Å². The standard InChI is InChI=1S/C12H9BrClFN2O2S/c13-8-6-7(4-5-11(8)16)20(18,19)17-12-9(14)2-1-3-10(12)15/h1-6,17H,16H2. The Labute approximate surface area is 128 Å². The van der Waals surface area contributed by atoms with Gasteiger partial charge in [-0.2, -0.15) is 0 Å². The van der Waals surface area contributed by atoms with Crippen LogP contribution in [-0.2, 0) is 10.0 Å². The second-order valence-corrected chi connectivity index (χ2v) is 6.83. The monoisotopic (exact) mass is 378 g/mol. The summed E-state index contributed by atoms with van der Waals surface area (Å²) in [4.78, 5) is -0.0575. The number of nitrogen functional groups attached to an aromatic ring is 1. The summed E-state index contributed by atoms with van der Waals surface area (Å²) in [6, 6.07) is 7.96. The van der Waals surface area contributed by atoms with Gasteiger partial charge < -0.3 is 5.73 Å². The summed E-state index contributed by atoms with van der Waals surface area (Å²) in [5, 5.41) is -0.0249. The third kappa shape index (κ3) is 3.05. The summed E-state index contributed by atoms with van der Waals surface area (Å²) < 4.78 is 40.5. The first-order valence-electron chi connectivity index (χ1n) is 5.33. The SMILES string of the molecule is Nc1ccc(S(=O)(=O)Nc2c(F)cccc2Cl)cc1Br. The summed E-state index contributed by atoms with van der Waals surface area (Å²) >= 11 is 8.92. The van der Waals surface area contributed by atoms with Crippen molar-refractivity contribution in [1.82, 2.24) is 0 Å². The molecular formula is C12H9BrClFN2O2S. The molecule has 0 heterocycles. The van der Waals surface area contributed by atoms with Crippen molar-refractivity contribution in [3.63, 3.8) is 0 Å². The van der Waals surface area contributed by atoms with Crippen LogP contribution in [0.4, 0.5) is 15.8 Å². The molecule has 0 saturated carbocycles. The van der Waals surface area contributed by atoms with Crippen molar-refractivity contribution < 1.29 is 12.8 Å². The van der Waals surface area contributed by atoms with Crippen LogP contribution < -0.4 is 10.5 Å². The zero-order chi connectivity index (χ0) is 14.9. The fraction of sp³-hybridized carbons (Fsp3) is 0. The van der Waals surface area contributed by atoms with Gasteiger partial charge in [-0.1, -0.05) is 17.7 Å². The zero-order valence-corrected chi connectivity index (χ0v) is 13.1. The van der Waals surface area contributed by atoms with E-state index in [9.17, 15) is 12.8 Å². The molecule has 0 aliphatic carbocycles. The first-order valence-corrected chi connectivity index (χ1v) is 7.98. The molecule has 0 fully saturated rings. The zero-order valence-electron chi connectivity index (χ0n) is 9.90. The van der Waals surface area contributed by atoms with Gasteiger partial charge in [0, 0.05) is 10.2 Å². The average molecular weight is 380 g/mol. The number of nitrogens with two attached hydrogens (primary N) is 1. The molecule has 0 aliphatic heterocycles. The molecule has 0 unspecified atom stereocenters. The van der Waals surface area contributed by atoms with E-state index in [0.29, 0.717) is 10.2 Å². The minimum absolute atomic E-state index is 0.0249. The third-order valence-corrected chi connectivity index (χ3v) is 4.83. The molecule has 20 heavy (non-hydrogen) atoms. The van der Waals surface area contributed by atoms with Crippen LogP contribution in [0, 0.1) is 5.82 Å². The summed E-state index contributed by atoms with van der Waals surface area (Å²) in [6.07, 6.45) is 0. The number of rotatable bonds is 3. The van der Waals surface area contributed by atoms with E-state index >= 15 is 0 Å². The number of para-hydroxylation sites is 1. The van der Waals surface area contributed by atoms with Crippen molar-refractivity contribution in [3.8, 4) is 0 Å². The van der Waals surface area contributed by atoms with Gasteiger partial charge in [0.2, 0.25) is 0 Å². The van der Waals surface area contributed by atoms with Crippen molar-refractivity contribution in [1.29, 1.82) is 0 Å². The summed E-state index contributed by atoms with van der Waals surface area (Å²) in [5.41, 5.74) is 5.70. The van der Waals surface area contributed by atoms with Crippen LogP contribution in [0.5, 0.6) is 0 Å². The number of anilines is 2. The lowest BCUT2D eigenvalue weighted by Crippen LogP contribution is -2.14. The van der Waals surface area contributed by atoms with Crippen LogP contribution in [0.3, 0.4) is 0 Å². The van der Waals surface area contributed by atoms with E-state index in [-0.39, 0.29) is 15.6 Å². The summed E-state index contributed by atoms with van der Waals surface area (Å²) in [7, 11) is -3.96. The molecule has 0 amide bonds. The number of halogens is 3. The number of nitrogens with one attached hydrogen (secondary N) is 1. The molecule has 4 nitrogen and oxygen atoms in total. The molecule has 2 aromatic rings. The molecule has 2 rings (SSSR count). The lowest BCUT2D eigenvalue weighted by Gasteiger charge is -2.11. The van der Waals surface area contributed by atoms with E-state index in [0.717, 1.165) is 6.07 Å². The fourth-order valence-electron chi connectivity index (χ4n) is 1.46. The number of sulfonamides is 1. The highest BCUT2D eigenvalue weighted by Crippen LogP contribution is 2.29. The van der Waals surface area contributed by atoms with Gasteiger partial charge in [0.1, 0.15) is 11.5 Å². The van der Waals surface area contributed by atoms with Gasteiger partial charge in [0.25, 0.3) is 10.0 Å². The van der Waals surface area contributed by atoms with E-state index in [4.69, 9.17) is 17.3 Å². The third-order valence-electron chi connectivity index (χ3n) is 2.48. The maximum absolute atomic E-state index is 13.6. The molecule has 0 aliphatic rings. The highest BCUT2D eigenvalue weighted by molar-refractivity contribution is 9.10. The van der Waals surface area contributed by atoms with Crippen molar-refractivity contribution in [2.75, 3.05) is 10.5 Å². The van der Waals surface area contributed by atoms with Crippen molar-refractivity contribution >= 4 is 48.9 Å². The maximum Gasteiger partial charge on any atom is 0.262 e. The Morgan fingerprint density at radius 3 is 2.55 bits per heavy atom. The van der Waals surface area contributed by atoms with Gasteiger partial charge in [-0.05, 0) is 46.3 Å². The second kappa shape index (κ2) is 5.59. The van der Waals surface area contributed by atoms with Gasteiger partial charge >= 0.3 is 0 Å². The molecule has 8 heteroatoms. The molecule has 3 N–H and O–H groups in total. The van der Waals surface area contributed by atoms with E-state index in [1.54, 1.807) is 0 Å². The number of hydrogen-bond acceptors (Lipinski definition) is 3. The predicted molar refractivity (Wildman–Crippen MR) is 80.8 cm³/mol. The minimum Gasteiger partial charge on any atom is -0.398 e. The molecule has 0 bridgehead atoms. The Morgan fingerprint density at radius 2 is 1.95 bits per heavy atom. The highest BCUT2D eigenvalue weighted by Gasteiger charge is 2.19. The molecule has 2 aromatic carbocycles. The van der Waals surface area contributed by atoms with Crippen molar-refractivity contribution in [2.24, 2.45) is 0 Å². The van der Waals surface area contributed by atoms with Crippen LogP contribution in [0.2, 0.25) is 5.02 Å². The largest absolute Gasteiger partial charge is 0.398 e. The fourth-order valence-corrected chi connectivity index (χ4v) is 3.37. The lowest BCUT2D eigenvalue weighted by atomic mass is 10.3. The quantitative estimate of drug-likeness (QED) is 0.800. The van der Waals surface area contributed by atoms with Gasteiger partial charge in [0.15, 0.2) is 0 Å². The molecule has 0 saturated heterocycles. The predicted octanol–water partition coefficient (Wildman–Crippen LogP) is 3.62. The second-order valence-electron chi connectivity index (χ2n) is 3.89. The lowest BCUT2D eigenvalue weighted by molar-refractivity contribution is 0.598. The molecular weight excluding hydrogens is 371 g/mol. The van der Waals surface area contributed by atoms with Crippen LogP contribution in [0.1, 0.15) is 0 Å². The number of hydrogen-bond donors (Lipinski definition) is 2. The van der Waals surface area contributed by atoms with Gasteiger partial charge in [-0.15, -0.1) is 0 Å². The van der Waals surface area contributed by atoms with E-state index in [1.165, 1.54) is 30.3 Å². The Bertz CT molecular complexity index is 748. The summed E-state index contributed by atoms with van der Waals surface area (Å²) in [5.74, 6) is -0.754. The van der Waals surface area contributed by atoms with Crippen molar-refractivity contribution in [3.05, 3.63) is 51.7 Å². The Balaban J connectivity index is 2.43.